The highest BCUT2D eigenvalue weighted by Gasteiger charge is 2.43. The van der Waals surface area contributed by atoms with Crippen LogP contribution in [-0.4, -0.2) is 56.3 Å². The quantitative estimate of drug-likeness (QED) is 0.555. The summed E-state index contributed by atoms with van der Waals surface area (Å²) in [6.45, 7) is 5.65. The lowest BCUT2D eigenvalue weighted by Gasteiger charge is -2.27. The maximum Gasteiger partial charge on any atom is 0.264 e. The van der Waals surface area contributed by atoms with Crippen LogP contribution in [0, 0.1) is 0 Å². The molecule has 1 aliphatic heterocycles. The number of hydrogen-bond acceptors (Lipinski definition) is 7. The summed E-state index contributed by atoms with van der Waals surface area (Å²) in [5, 5.41) is 2.56. The van der Waals surface area contributed by atoms with Gasteiger partial charge in [-0.3, -0.25) is 19.3 Å². The maximum atomic E-state index is 13.4. The molecule has 0 aliphatic carbocycles. The van der Waals surface area contributed by atoms with Crippen LogP contribution < -0.4 is 14.8 Å². The molecule has 0 spiro atoms. The molecule has 9 nitrogen and oxygen atoms in total. The van der Waals surface area contributed by atoms with Crippen molar-refractivity contribution in [3.05, 3.63) is 53.1 Å². The van der Waals surface area contributed by atoms with Gasteiger partial charge in [0.1, 0.15) is 9.84 Å². The number of carbonyl (C=O) groups excluding carboxylic acids is 3. The first-order chi connectivity index (χ1) is 15.6. The average Bonchev–Trinajstić information content (AvgIpc) is 2.98. The van der Waals surface area contributed by atoms with E-state index >= 15 is 0 Å². The molecule has 0 radical (unpaired) electrons. The van der Waals surface area contributed by atoms with Gasteiger partial charge < -0.3 is 14.8 Å². The van der Waals surface area contributed by atoms with Crippen molar-refractivity contribution in [1.29, 1.82) is 0 Å². The van der Waals surface area contributed by atoms with Crippen LogP contribution in [-0.2, 0) is 14.6 Å². The number of hydrogen-bond donors (Lipinski definition) is 1. The molecule has 0 fully saturated rings. The number of amides is 3. The Morgan fingerprint density at radius 1 is 1.03 bits per heavy atom. The first-order valence-electron chi connectivity index (χ1n) is 10.4. The Balaban J connectivity index is 2.12. The number of nitrogens with one attached hydrogen (secondary N) is 1. The number of rotatable bonds is 9. The molecule has 3 rings (SSSR count). The monoisotopic (exact) mass is 474 g/mol. The molecule has 1 unspecified atom stereocenters. The van der Waals surface area contributed by atoms with Gasteiger partial charge in [-0.2, -0.15) is 0 Å². The molecule has 33 heavy (non-hydrogen) atoms. The number of imide groups is 1. The van der Waals surface area contributed by atoms with E-state index < -0.39 is 39.4 Å². The zero-order valence-electron chi connectivity index (χ0n) is 18.9. The highest BCUT2D eigenvalue weighted by molar-refractivity contribution is 7.90. The standard InChI is InChI=1S/C23H26N2O7S/c1-5-31-19-11-10-15(12-20(19)32-6-2)18(13-33(4,29)30)25-22(27)16-8-7-9-17(24-14(3)26)21(16)23(25)28/h7-12,18H,5-6,13H2,1-4H3,(H,24,26). The van der Waals surface area contributed by atoms with E-state index in [0.29, 0.717) is 30.3 Å². The Bertz CT molecular complexity index is 1210. The van der Waals surface area contributed by atoms with E-state index in [0.717, 1.165) is 11.2 Å². The number of fused-ring (bicyclic) bond motifs is 1. The number of benzene rings is 2. The summed E-state index contributed by atoms with van der Waals surface area (Å²) < 4.78 is 35.8. The van der Waals surface area contributed by atoms with E-state index in [-0.39, 0.29) is 16.8 Å². The van der Waals surface area contributed by atoms with E-state index in [1.807, 2.05) is 6.92 Å². The molecule has 176 valence electrons. The third-order valence-electron chi connectivity index (χ3n) is 4.98. The highest BCUT2D eigenvalue weighted by Crippen LogP contribution is 2.38. The first kappa shape index (κ1) is 24.2. The number of sulfone groups is 1. The van der Waals surface area contributed by atoms with Crippen molar-refractivity contribution in [2.24, 2.45) is 0 Å². The van der Waals surface area contributed by atoms with Gasteiger partial charge in [0.25, 0.3) is 11.8 Å². The molecule has 1 N–H and O–H groups in total. The molecule has 0 aromatic heterocycles. The van der Waals surface area contributed by atoms with Crippen LogP contribution in [0.2, 0.25) is 0 Å². The van der Waals surface area contributed by atoms with Gasteiger partial charge in [0.15, 0.2) is 11.5 Å². The lowest BCUT2D eigenvalue weighted by molar-refractivity contribution is -0.114. The minimum Gasteiger partial charge on any atom is -0.490 e. The van der Waals surface area contributed by atoms with Gasteiger partial charge in [0, 0.05) is 13.2 Å². The van der Waals surface area contributed by atoms with E-state index in [9.17, 15) is 22.8 Å². The van der Waals surface area contributed by atoms with Gasteiger partial charge in [0.05, 0.1) is 41.8 Å². The van der Waals surface area contributed by atoms with Crippen LogP contribution in [0.3, 0.4) is 0 Å². The summed E-state index contributed by atoms with van der Waals surface area (Å²) in [6.07, 6.45) is 1.04. The fraction of sp³-hybridized carbons (Fsp3) is 0.348. The predicted octanol–water partition coefficient (Wildman–Crippen LogP) is 2.82. The fourth-order valence-corrected chi connectivity index (χ4v) is 4.68. The second kappa shape index (κ2) is 9.62. The fourth-order valence-electron chi connectivity index (χ4n) is 3.76. The van der Waals surface area contributed by atoms with Crippen LogP contribution >= 0.6 is 0 Å². The Hall–Kier alpha value is -3.40. The Labute approximate surface area is 192 Å². The lowest BCUT2D eigenvalue weighted by Crippen LogP contribution is -2.37. The van der Waals surface area contributed by atoms with E-state index in [2.05, 4.69) is 5.32 Å². The minimum absolute atomic E-state index is 0.0344. The molecular weight excluding hydrogens is 448 g/mol. The van der Waals surface area contributed by atoms with Crippen LogP contribution in [0.4, 0.5) is 5.69 Å². The van der Waals surface area contributed by atoms with E-state index in [1.54, 1.807) is 31.2 Å². The van der Waals surface area contributed by atoms with Gasteiger partial charge in [0.2, 0.25) is 5.91 Å². The molecule has 1 aliphatic rings. The first-order valence-corrected chi connectivity index (χ1v) is 12.5. The second-order valence-electron chi connectivity index (χ2n) is 7.57. The van der Waals surface area contributed by atoms with Crippen LogP contribution in [0.15, 0.2) is 36.4 Å². The van der Waals surface area contributed by atoms with Gasteiger partial charge >= 0.3 is 0 Å². The van der Waals surface area contributed by atoms with Gasteiger partial charge in [-0.1, -0.05) is 12.1 Å². The third-order valence-corrected chi connectivity index (χ3v) is 5.90. The maximum absolute atomic E-state index is 13.4. The molecule has 0 saturated heterocycles. The smallest absolute Gasteiger partial charge is 0.264 e. The summed E-state index contributed by atoms with van der Waals surface area (Å²) in [6, 6.07) is 8.26. The molecule has 10 heteroatoms. The summed E-state index contributed by atoms with van der Waals surface area (Å²) in [5.74, 6) is -1.35. The molecule has 2 aromatic rings. The minimum atomic E-state index is -3.61. The lowest BCUT2D eigenvalue weighted by atomic mass is 10.1. The van der Waals surface area contributed by atoms with Gasteiger partial charge in [-0.05, 0) is 43.7 Å². The average molecular weight is 475 g/mol. The van der Waals surface area contributed by atoms with Crippen molar-refractivity contribution >= 4 is 33.2 Å². The number of anilines is 1. The summed E-state index contributed by atoms with van der Waals surface area (Å²) in [5.41, 5.74) is 0.733. The van der Waals surface area contributed by atoms with Crippen LogP contribution in [0.25, 0.3) is 0 Å². The number of ether oxygens (including phenoxy) is 2. The SMILES string of the molecule is CCOc1ccc(C(CS(C)(=O)=O)N2C(=O)c3cccc(NC(C)=O)c3C2=O)cc1OCC. The molecule has 3 amide bonds. The predicted molar refractivity (Wildman–Crippen MR) is 122 cm³/mol. The third kappa shape index (κ3) is 5.16. The zero-order valence-corrected chi connectivity index (χ0v) is 19.7. The van der Waals surface area contributed by atoms with Crippen LogP contribution in [0.1, 0.15) is 53.1 Å². The van der Waals surface area contributed by atoms with Gasteiger partial charge in [-0.25, -0.2) is 8.42 Å². The topological polar surface area (TPSA) is 119 Å². The summed E-state index contributed by atoms with van der Waals surface area (Å²) >= 11 is 0. The van der Waals surface area contributed by atoms with Crippen molar-refractivity contribution in [3.8, 4) is 11.5 Å². The van der Waals surface area contributed by atoms with Crippen LogP contribution in [0.5, 0.6) is 11.5 Å². The van der Waals surface area contributed by atoms with E-state index in [1.165, 1.54) is 19.1 Å². The van der Waals surface area contributed by atoms with Crippen molar-refractivity contribution in [3.63, 3.8) is 0 Å². The van der Waals surface area contributed by atoms with Crippen molar-refractivity contribution in [2.75, 3.05) is 30.5 Å². The summed E-state index contributed by atoms with van der Waals surface area (Å²) in [7, 11) is -3.61. The van der Waals surface area contributed by atoms with Crippen molar-refractivity contribution in [1.82, 2.24) is 4.90 Å². The molecule has 0 bridgehead atoms. The number of carbonyl (C=O) groups is 3. The van der Waals surface area contributed by atoms with E-state index in [4.69, 9.17) is 9.47 Å². The Morgan fingerprint density at radius 3 is 2.30 bits per heavy atom. The molecule has 1 atom stereocenters. The molecule has 0 saturated carbocycles. The van der Waals surface area contributed by atoms with Crippen molar-refractivity contribution < 1.29 is 32.3 Å². The number of nitrogens with zero attached hydrogens (tertiary/aromatic N) is 1. The highest BCUT2D eigenvalue weighted by atomic mass is 32.2. The zero-order chi connectivity index (χ0) is 24.3. The summed E-state index contributed by atoms with van der Waals surface area (Å²) in [4.78, 5) is 39.2. The van der Waals surface area contributed by atoms with Crippen molar-refractivity contribution in [2.45, 2.75) is 26.8 Å². The normalized spacial score (nSPS) is 14.1. The molecular formula is C23H26N2O7S. The Morgan fingerprint density at radius 2 is 1.70 bits per heavy atom. The van der Waals surface area contributed by atoms with Gasteiger partial charge in [-0.15, -0.1) is 0 Å². The molecule has 2 aromatic carbocycles. The molecule has 1 heterocycles. The second-order valence-corrected chi connectivity index (χ2v) is 9.75. The largest absolute Gasteiger partial charge is 0.490 e. The Kier molecular flexibility index (Phi) is 7.06.